The van der Waals surface area contributed by atoms with Crippen molar-refractivity contribution in [1.82, 2.24) is 0 Å². The zero-order valence-electron chi connectivity index (χ0n) is 11.1. The van der Waals surface area contributed by atoms with Crippen molar-refractivity contribution >= 4 is 11.6 Å². The van der Waals surface area contributed by atoms with Gasteiger partial charge in [0, 0.05) is 13.0 Å². The van der Waals surface area contributed by atoms with E-state index >= 15 is 0 Å². The van der Waals surface area contributed by atoms with Gasteiger partial charge < -0.3 is 15.8 Å². The summed E-state index contributed by atoms with van der Waals surface area (Å²) in [5, 5.41) is 2.87. The summed E-state index contributed by atoms with van der Waals surface area (Å²) in [6.45, 7) is 5.10. The van der Waals surface area contributed by atoms with Crippen molar-refractivity contribution in [2.45, 2.75) is 26.7 Å². The summed E-state index contributed by atoms with van der Waals surface area (Å²) in [6, 6.07) is 7.40. The first-order valence-corrected chi connectivity index (χ1v) is 6.35. The molecule has 1 aromatic rings. The van der Waals surface area contributed by atoms with E-state index in [0.717, 1.165) is 6.42 Å². The van der Waals surface area contributed by atoms with E-state index in [0.29, 0.717) is 36.9 Å². The van der Waals surface area contributed by atoms with Crippen LogP contribution in [0.1, 0.15) is 26.7 Å². The minimum Gasteiger partial charge on any atom is -0.490 e. The second kappa shape index (κ2) is 7.71. The molecule has 1 amide bonds. The summed E-state index contributed by atoms with van der Waals surface area (Å²) in [5.74, 6) is 1.22. The molecule has 0 bridgehead atoms. The van der Waals surface area contributed by atoms with Crippen LogP contribution in [0.2, 0.25) is 0 Å². The molecule has 18 heavy (non-hydrogen) atoms. The van der Waals surface area contributed by atoms with Gasteiger partial charge in [-0.1, -0.05) is 26.0 Å². The van der Waals surface area contributed by atoms with Gasteiger partial charge in [0.25, 0.3) is 0 Å². The van der Waals surface area contributed by atoms with Crippen LogP contribution in [0.15, 0.2) is 24.3 Å². The molecule has 4 heteroatoms. The normalized spacial score (nSPS) is 10.4. The van der Waals surface area contributed by atoms with E-state index in [2.05, 4.69) is 19.2 Å². The molecule has 0 aliphatic heterocycles. The molecule has 0 aliphatic carbocycles. The Labute approximate surface area is 109 Å². The summed E-state index contributed by atoms with van der Waals surface area (Å²) >= 11 is 0. The number of nitrogens with one attached hydrogen (secondary N) is 1. The average Bonchev–Trinajstić information content (AvgIpc) is 2.35. The lowest BCUT2D eigenvalue weighted by Crippen LogP contribution is -2.15. The van der Waals surface area contributed by atoms with Crippen molar-refractivity contribution in [3.05, 3.63) is 24.3 Å². The first-order valence-electron chi connectivity index (χ1n) is 6.35. The van der Waals surface area contributed by atoms with E-state index in [4.69, 9.17) is 10.5 Å². The number of rotatable bonds is 7. The number of benzene rings is 1. The fourth-order valence-corrected chi connectivity index (χ4v) is 1.50. The highest BCUT2D eigenvalue weighted by Gasteiger charge is 2.08. The lowest BCUT2D eigenvalue weighted by Gasteiger charge is -2.12. The summed E-state index contributed by atoms with van der Waals surface area (Å²) in [5.41, 5.74) is 6.10. The molecule has 0 unspecified atom stereocenters. The number of para-hydroxylation sites is 2. The van der Waals surface area contributed by atoms with Crippen LogP contribution in [-0.2, 0) is 4.79 Å². The van der Waals surface area contributed by atoms with E-state index < -0.39 is 0 Å². The predicted octanol–water partition coefficient (Wildman–Crippen LogP) is 2.40. The van der Waals surface area contributed by atoms with Gasteiger partial charge in [-0.05, 0) is 24.5 Å². The molecule has 0 atom stereocenters. The number of nitrogens with two attached hydrogens (primary N) is 1. The molecule has 0 heterocycles. The smallest absolute Gasteiger partial charge is 0.224 e. The number of carbonyl (C=O) groups is 1. The molecule has 0 saturated heterocycles. The lowest BCUT2D eigenvalue weighted by molar-refractivity contribution is -0.116. The van der Waals surface area contributed by atoms with E-state index in [9.17, 15) is 4.79 Å². The van der Waals surface area contributed by atoms with E-state index in [1.807, 2.05) is 24.3 Å². The summed E-state index contributed by atoms with van der Waals surface area (Å²) in [6.07, 6.45) is 1.42. The van der Waals surface area contributed by atoms with Crippen molar-refractivity contribution in [3.63, 3.8) is 0 Å². The van der Waals surface area contributed by atoms with Crippen LogP contribution in [0.3, 0.4) is 0 Å². The third kappa shape index (κ3) is 5.19. The fraction of sp³-hybridized carbons (Fsp3) is 0.500. The standard InChI is InChI=1S/C14H22N2O2/c1-11(2)7-8-14(17)16-12-5-3-4-6-13(12)18-10-9-15/h3-6,11H,7-10,15H2,1-2H3,(H,16,17). The number of ether oxygens (including phenoxy) is 1. The van der Waals surface area contributed by atoms with Crippen molar-refractivity contribution in [1.29, 1.82) is 0 Å². The van der Waals surface area contributed by atoms with Crippen LogP contribution in [0.25, 0.3) is 0 Å². The Bertz CT molecular complexity index is 378. The summed E-state index contributed by atoms with van der Waals surface area (Å²) in [4.78, 5) is 11.8. The largest absolute Gasteiger partial charge is 0.490 e. The van der Waals surface area contributed by atoms with Crippen molar-refractivity contribution in [3.8, 4) is 5.75 Å². The number of anilines is 1. The highest BCUT2D eigenvalue weighted by atomic mass is 16.5. The van der Waals surface area contributed by atoms with Gasteiger partial charge in [-0.2, -0.15) is 0 Å². The Morgan fingerprint density at radius 3 is 2.78 bits per heavy atom. The molecule has 1 aromatic carbocycles. The van der Waals surface area contributed by atoms with Gasteiger partial charge in [-0.3, -0.25) is 4.79 Å². The minimum absolute atomic E-state index is 0.0208. The topological polar surface area (TPSA) is 64.3 Å². The van der Waals surface area contributed by atoms with Crippen LogP contribution in [0.4, 0.5) is 5.69 Å². The second-order valence-corrected chi connectivity index (χ2v) is 4.61. The van der Waals surface area contributed by atoms with Gasteiger partial charge in [-0.15, -0.1) is 0 Å². The summed E-state index contributed by atoms with van der Waals surface area (Å²) < 4.78 is 5.47. The molecule has 0 aromatic heterocycles. The van der Waals surface area contributed by atoms with Gasteiger partial charge >= 0.3 is 0 Å². The monoisotopic (exact) mass is 250 g/mol. The van der Waals surface area contributed by atoms with E-state index in [1.54, 1.807) is 0 Å². The molecular weight excluding hydrogens is 228 g/mol. The predicted molar refractivity (Wildman–Crippen MR) is 73.7 cm³/mol. The first kappa shape index (κ1) is 14.5. The number of amides is 1. The Morgan fingerprint density at radius 2 is 2.11 bits per heavy atom. The SMILES string of the molecule is CC(C)CCC(=O)Nc1ccccc1OCCN. The number of hydrogen-bond donors (Lipinski definition) is 2. The Balaban J connectivity index is 2.57. The third-order valence-corrected chi connectivity index (χ3v) is 2.49. The molecule has 0 fully saturated rings. The van der Waals surface area contributed by atoms with Crippen molar-refractivity contribution in [2.24, 2.45) is 11.7 Å². The minimum atomic E-state index is 0.0208. The second-order valence-electron chi connectivity index (χ2n) is 4.61. The van der Waals surface area contributed by atoms with Crippen LogP contribution in [0.5, 0.6) is 5.75 Å². The maximum atomic E-state index is 11.8. The van der Waals surface area contributed by atoms with Gasteiger partial charge in [0.15, 0.2) is 0 Å². The Hall–Kier alpha value is -1.55. The molecular formula is C14H22N2O2. The van der Waals surface area contributed by atoms with Crippen LogP contribution in [-0.4, -0.2) is 19.1 Å². The maximum absolute atomic E-state index is 11.8. The van der Waals surface area contributed by atoms with Gasteiger partial charge in [-0.25, -0.2) is 0 Å². The van der Waals surface area contributed by atoms with Gasteiger partial charge in [0.2, 0.25) is 5.91 Å². The molecule has 1 rings (SSSR count). The highest BCUT2D eigenvalue weighted by molar-refractivity contribution is 5.92. The maximum Gasteiger partial charge on any atom is 0.224 e. The molecule has 0 spiro atoms. The quantitative estimate of drug-likeness (QED) is 0.781. The highest BCUT2D eigenvalue weighted by Crippen LogP contribution is 2.23. The van der Waals surface area contributed by atoms with Crippen molar-refractivity contribution < 1.29 is 9.53 Å². The molecule has 0 saturated carbocycles. The molecule has 0 aliphatic rings. The van der Waals surface area contributed by atoms with Gasteiger partial charge in [0.05, 0.1) is 5.69 Å². The van der Waals surface area contributed by atoms with E-state index in [1.165, 1.54) is 0 Å². The lowest BCUT2D eigenvalue weighted by atomic mass is 10.1. The van der Waals surface area contributed by atoms with Crippen LogP contribution in [0, 0.1) is 5.92 Å². The molecule has 4 nitrogen and oxygen atoms in total. The first-order chi connectivity index (χ1) is 8.63. The summed E-state index contributed by atoms with van der Waals surface area (Å²) in [7, 11) is 0. The number of carbonyl (C=O) groups excluding carboxylic acids is 1. The third-order valence-electron chi connectivity index (χ3n) is 2.49. The van der Waals surface area contributed by atoms with Crippen LogP contribution < -0.4 is 15.8 Å². The Morgan fingerprint density at radius 1 is 1.39 bits per heavy atom. The van der Waals surface area contributed by atoms with E-state index in [-0.39, 0.29) is 5.91 Å². The van der Waals surface area contributed by atoms with Crippen LogP contribution >= 0.6 is 0 Å². The average molecular weight is 250 g/mol. The molecule has 100 valence electrons. The van der Waals surface area contributed by atoms with Gasteiger partial charge in [0.1, 0.15) is 12.4 Å². The zero-order chi connectivity index (χ0) is 13.4. The van der Waals surface area contributed by atoms with Crippen molar-refractivity contribution in [2.75, 3.05) is 18.5 Å². The fourth-order valence-electron chi connectivity index (χ4n) is 1.50. The molecule has 0 radical (unpaired) electrons. The molecule has 3 N–H and O–H groups in total. The Kier molecular flexibility index (Phi) is 6.22. The zero-order valence-corrected chi connectivity index (χ0v) is 11.1. The number of hydrogen-bond acceptors (Lipinski definition) is 3.